The third-order valence-electron chi connectivity index (χ3n) is 6.49. The SMILES string of the molecule is CCc1cccnc1-c1cc(OC2CCCC2)c(OC)cc1-c1ccc2ccccc2c1. The normalized spacial score (nSPS) is 14.1. The molecule has 4 aromatic rings. The highest BCUT2D eigenvalue weighted by molar-refractivity contribution is 5.92. The lowest BCUT2D eigenvalue weighted by Crippen LogP contribution is -2.12. The van der Waals surface area contributed by atoms with Gasteiger partial charge in [0, 0.05) is 11.8 Å². The Kier molecular flexibility index (Phi) is 5.81. The molecule has 0 spiro atoms. The summed E-state index contributed by atoms with van der Waals surface area (Å²) in [7, 11) is 1.72. The van der Waals surface area contributed by atoms with E-state index in [1.165, 1.54) is 29.2 Å². The maximum absolute atomic E-state index is 6.44. The highest BCUT2D eigenvalue weighted by Crippen LogP contribution is 2.43. The molecule has 0 saturated heterocycles. The molecule has 3 heteroatoms. The summed E-state index contributed by atoms with van der Waals surface area (Å²) in [6.07, 6.45) is 7.73. The molecule has 1 aromatic heterocycles. The van der Waals surface area contributed by atoms with Crippen molar-refractivity contribution in [2.75, 3.05) is 7.11 Å². The van der Waals surface area contributed by atoms with Crippen LogP contribution < -0.4 is 9.47 Å². The number of hydrogen-bond acceptors (Lipinski definition) is 3. The average Bonchev–Trinajstić information content (AvgIpc) is 3.36. The smallest absolute Gasteiger partial charge is 0.162 e. The quantitative estimate of drug-likeness (QED) is 0.322. The first kappa shape index (κ1) is 20.6. The van der Waals surface area contributed by atoms with Crippen molar-refractivity contribution in [3.05, 3.63) is 78.5 Å². The Morgan fingerprint density at radius 3 is 2.41 bits per heavy atom. The van der Waals surface area contributed by atoms with Crippen molar-refractivity contribution < 1.29 is 9.47 Å². The second-order valence-electron chi connectivity index (χ2n) is 8.50. The second-order valence-corrected chi connectivity index (χ2v) is 8.50. The number of hydrogen-bond donors (Lipinski definition) is 0. The molecule has 0 unspecified atom stereocenters. The molecule has 162 valence electrons. The third kappa shape index (κ3) is 3.95. The molecule has 1 saturated carbocycles. The van der Waals surface area contributed by atoms with Crippen LogP contribution in [0.4, 0.5) is 0 Å². The minimum atomic E-state index is 0.262. The predicted molar refractivity (Wildman–Crippen MR) is 131 cm³/mol. The summed E-state index contributed by atoms with van der Waals surface area (Å²) in [5.74, 6) is 1.59. The van der Waals surface area contributed by atoms with Gasteiger partial charge in [-0.05, 0) is 83.8 Å². The summed E-state index contributed by atoms with van der Waals surface area (Å²) < 4.78 is 12.2. The van der Waals surface area contributed by atoms with E-state index in [-0.39, 0.29) is 6.10 Å². The number of benzene rings is 3. The molecular formula is C29H29NO2. The average molecular weight is 424 g/mol. The first-order valence-electron chi connectivity index (χ1n) is 11.6. The number of nitrogens with zero attached hydrogens (tertiary/aromatic N) is 1. The van der Waals surface area contributed by atoms with Gasteiger partial charge in [-0.25, -0.2) is 0 Å². The molecule has 3 aromatic carbocycles. The van der Waals surface area contributed by atoms with Crippen LogP contribution in [0.15, 0.2) is 72.9 Å². The lowest BCUT2D eigenvalue weighted by molar-refractivity contribution is 0.201. The highest BCUT2D eigenvalue weighted by atomic mass is 16.5. The Morgan fingerprint density at radius 2 is 1.62 bits per heavy atom. The Balaban J connectivity index is 1.71. The fourth-order valence-corrected chi connectivity index (χ4v) is 4.76. The molecule has 0 bridgehead atoms. The predicted octanol–water partition coefficient (Wildman–Crippen LogP) is 7.46. The molecule has 1 aliphatic carbocycles. The van der Waals surface area contributed by atoms with Gasteiger partial charge in [-0.3, -0.25) is 4.98 Å². The maximum atomic E-state index is 6.44. The van der Waals surface area contributed by atoms with Crippen LogP contribution in [0.25, 0.3) is 33.2 Å². The number of rotatable bonds is 6. The number of pyridine rings is 1. The molecule has 1 fully saturated rings. The van der Waals surface area contributed by atoms with Gasteiger partial charge >= 0.3 is 0 Å². The number of fused-ring (bicyclic) bond motifs is 1. The van der Waals surface area contributed by atoms with Gasteiger partial charge in [0.1, 0.15) is 0 Å². The van der Waals surface area contributed by atoms with Crippen LogP contribution in [0, 0.1) is 0 Å². The molecule has 1 heterocycles. The minimum Gasteiger partial charge on any atom is -0.493 e. The molecule has 3 nitrogen and oxygen atoms in total. The van der Waals surface area contributed by atoms with Crippen molar-refractivity contribution in [3.8, 4) is 33.9 Å². The fraction of sp³-hybridized carbons (Fsp3) is 0.276. The molecule has 1 aliphatic rings. The van der Waals surface area contributed by atoms with E-state index >= 15 is 0 Å². The standard InChI is InChI=1S/C29H29NO2/c1-3-20-11-8-16-30-29(20)26-19-28(32-24-12-6-7-13-24)27(31-2)18-25(26)23-15-14-21-9-4-5-10-22(21)17-23/h4-5,8-11,14-19,24H,3,6-7,12-13H2,1-2H3. The molecule has 0 atom stereocenters. The van der Waals surface area contributed by atoms with Crippen molar-refractivity contribution >= 4 is 10.8 Å². The topological polar surface area (TPSA) is 31.4 Å². The lowest BCUT2D eigenvalue weighted by Gasteiger charge is -2.20. The van der Waals surface area contributed by atoms with Gasteiger partial charge in [0.05, 0.1) is 18.9 Å². The van der Waals surface area contributed by atoms with Crippen molar-refractivity contribution in [1.29, 1.82) is 0 Å². The summed E-state index contributed by atoms with van der Waals surface area (Å²) in [6.45, 7) is 2.18. The van der Waals surface area contributed by atoms with E-state index in [1.54, 1.807) is 7.11 Å². The highest BCUT2D eigenvalue weighted by Gasteiger charge is 2.22. The van der Waals surface area contributed by atoms with E-state index in [2.05, 4.69) is 67.6 Å². The van der Waals surface area contributed by atoms with Crippen LogP contribution >= 0.6 is 0 Å². The van der Waals surface area contributed by atoms with Crippen LogP contribution in [-0.2, 0) is 6.42 Å². The van der Waals surface area contributed by atoms with E-state index in [0.29, 0.717) is 0 Å². The van der Waals surface area contributed by atoms with Gasteiger partial charge in [-0.15, -0.1) is 0 Å². The van der Waals surface area contributed by atoms with Crippen molar-refractivity contribution in [3.63, 3.8) is 0 Å². The van der Waals surface area contributed by atoms with Gasteiger partial charge in [0.15, 0.2) is 11.5 Å². The monoisotopic (exact) mass is 423 g/mol. The Labute approximate surface area is 190 Å². The summed E-state index contributed by atoms with van der Waals surface area (Å²) in [4.78, 5) is 4.80. The van der Waals surface area contributed by atoms with E-state index < -0.39 is 0 Å². The minimum absolute atomic E-state index is 0.262. The van der Waals surface area contributed by atoms with Gasteiger partial charge in [-0.2, -0.15) is 0 Å². The van der Waals surface area contributed by atoms with E-state index in [4.69, 9.17) is 14.5 Å². The lowest BCUT2D eigenvalue weighted by atomic mass is 9.92. The van der Waals surface area contributed by atoms with Crippen LogP contribution in [0.3, 0.4) is 0 Å². The van der Waals surface area contributed by atoms with Crippen molar-refractivity contribution in [2.45, 2.75) is 45.1 Å². The summed E-state index contributed by atoms with van der Waals surface area (Å²) >= 11 is 0. The zero-order valence-corrected chi connectivity index (χ0v) is 18.8. The maximum Gasteiger partial charge on any atom is 0.162 e. The van der Waals surface area contributed by atoms with Crippen molar-refractivity contribution in [1.82, 2.24) is 4.98 Å². The number of methoxy groups -OCH3 is 1. The third-order valence-corrected chi connectivity index (χ3v) is 6.49. The van der Waals surface area contributed by atoms with Gasteiger partial charge < -0.3 is 9.47 Å². The van der Waals surface area contributed by atoms with Crippen molar-refractivity contribution in [2.24, 2.45) is 0 Å². The number of ether oxygens (including phenoxy) is 2. The summed E-state index contributed by atoms with van der Waals surface area (Å²) in [5.41, 5.74) is 5.59. The largest absolute Gasteiger partial charge is 0.493 e. The summed E-state index contributed by atoms with van der Waals surface area (Å²) in [6, 6.07) is 23.5. The van der Waals surface area contributed by atoms with Gasteiger partial charge in [-0.1, -0.05) is 49.4 Å². The van der Waals surface area contributed by atoms with E-state index in [9.17, 15) is 0 Å². The van der Waals surface area contributed by atoms with Crippen LogP contribution in [0.5, 0.6) is 11.5 Å². The molecule has 32 heavy (non-hydrogen) atoms. The second kappa shape index (κ2) is 9.04. The molecule has 0 N–H and O–H groups in total. The van der Waals surface area contributed by atoms with Crippen LogP contribution in [0.1, 0.15) is 38.2 Å². The first-order valence-corrected chi connectivity index (χ1v) is 11.6. The number of aromatic nitrogens is 1. The van der Waals surface area contributed by atoms with E-state index in [1.807, 2.05) is 12.3 Å². The molecule has 0 radical (unpaired) electrons. The Hall–Kier alpha value is -3.33. The van der Waals surface area contributed by atoms with Gasteiger partial charge in [0.2, 0.25) is 0 Å². The summed E-state index contributed by atoms with van der Waals surface area (Å²) in [5, 5.41) is 2.45. The first-order chi connectivity index (χ1) is 15.8. The fourth-order valence-electron chi connectivity index (χ4n) is 4.76. The molecule has 0 aliphatic heterocycles. The molecule has 5 rings (SSSR count). The van der Waals surface area contributed by atoms with E-state index in [0.717, 1.165) is 53.1 Å². The van der Waals surface area contributed by atoms with Crippen LogP contribution in [-0.4, -0.2) is 18.2 Å². The molecule has 0 amide bonds. The number of aryl methyl sites for hydroxylation is 1. The van der Waals surface area contributed by atoms with Gasteiger partial charge in [0.25, 0.3) is 0 Å². The zero-order chi connectivity index (χ0) is 21.9. The zero-order valence-electron chi connectivity index (χ0n) is 18.8. The Morgan fingerprint density at radius 1 is 0.844 bits per heavy atom. The van der Waals surface area contributed by atoms with Crippen LogP contribution in [0.2, 0.25) is 0 Å². The Bertz CT molecular complexity index is 1240. The molecular weight excluding hydrogens is 394 g/mol.